The number of hydrogen-bond donors (Lipinski definition) is 3. The van der Waals surface area contributed by atoms with Gasteiger partial charge in [-0.15, -0.1) is 0 Å². The van der Waals surface area contributed by atoms with Gasteiger partial charge in [0.25, 0.3) is 5.69 Å². The maximum atomic E-state index is 11.6. The summed E-state index contributed by atoms with van der Waals surface area (Å²) in [5, 5.41) is 19.1. The van der Waals surface area contributed by atoms with Crippen LogP contribution in [0.3, 0.4) is 0 Å². The molecule has 1 atom stereocenters. The van der Waals surface area contributed by atoms with Crippen LogP contribution in [0.15, 0.2) is 24.3 Å². The van der Waals surface area contributed by atoms with Crippen LogP contribution < -0.4 is 16.0 Å². The van der Waals surface area contributed by atoms with Crippen molar-refractivity contribution >= 4 is 17.4 Å². The lowest BCUT2D eigenvalue weighted by Gasteiger charge is -2.12. The third kappa shape index (κ3) is 3.17. The Morgan fingerprint density at radius 1 is 1.50 bits per heavy atom. The molecule has 1 aromatic rings. The Hall–Kier alpha value is -2.15. The van der Waals surface area contributed by atoms with Gasteiger partial charge in [0.05, 0.1) is 4.92 Å². The van der Waals surface area contributed by atoms with E-state index in [0.717, 1.165) is 19.5 Å². The molecule has 96 valence electrons. The first kappa shape index (κ1) is 12.3. The molecule has 7 heteroatoms. The fourth-order valence-corrected chi connectivity index (χ4v) is 1.83. The number of carbonyl (C=O) groups excluding carboxylic acids is 1. The first-order chi connectivity index (χ1) is 8.65. The smallest absolute Gasteiger partial charge is 0.319 e. The number of nitro benzene ring substituents is 1. The Morgan fingerprint density at radius 2 is 2.33 bits per heavy atom. The van der Waals surface area contributed by atoms with Crippen molar-refractivity contribution in [2.45, 2.75) is 12.5 Å². The highest BCUT2D eigenvalue weighted by Gasteiger charge is 2.16. The topological polar surface area (TPSA) is 96.3 Å². The molecule has 2 rings (SSSR count). The van der Waals surface area contributed by atoms with Gasteiger partial charge in [0.1, 0.15) is 0 Å². The maximum Gasteiger partial charge on any atom is 0.319 e. The monoisotopic (exact) mass is 250 g/mol. The fourth-order valence-electron chi connectivity index (χ4n) is 1.83. The normalized spacial score (nSPS) is 18.3. The summed E-state index contributed by atoms with van der Waals surface area (Å²) in [5.74, 6) is 0. The predicted octanol–water partition coefficient (Wildman–Crippen LogP) is 1.08. The second-order valence-corrected chi connectivity index (χ2v) is 4.10. The third-order valence-corrected chi connectivity index (χ3v) is 2.71. The van der Waals surface area contributed by atoms with Gasteiger partial charge in [-0.05, 0) is 19.0 Å². The standard InChI is InChI=1S/C11H14N4O3/c16-11(14-9-4-5-12-7-9)13-8-2-1-3-10(6-8)15(17)18/h1-3,6,9,12H,4-5,7H2,(H2,13,14,16)/t9-/m1/s1. The van der Waals surface area contributed by atoms with Crippen LogP contribution in [0.5, 0.6) is 0 Å². The van der Waals surface area contributed by atoms with E-state index in [0.29, 0.717) is 5.69 Å². The van der Waals surface area contributed by atoms with Crippen molar-refractivity contribution in [3.8, 4) is 0 Å². The Labute approximate surface area is 104 Å². The summed E-state index contributed by atoms with van der Waals surface area (Å²) in [6.07, 6.45) is 0.891. The molecule has 0 aliphatic carbocycles. The third-order valence-electron chi connectivity index (χ3n) is 2.71. The van der Waals surface area contributed by atoms with Gasteiger partial charge in [-0.25, -0.2) is 4.79 Å². The molecule has 1 fully saturated rings. The number of non-ortho nitro benzene ring substituents is 1. The summed E-state index contributed by atoms with van der Waals surface area (Å²) >= 11 is 0. The highest BCUT2D eigenvalue weighted by molar-refractivity contribution is 5.89. The SMILES string of the molecule is O=C(Nc1cccc([N+](=O)[O-])c1)N[C@@H]1CCNC1. The molecule has 0 unspecified atom stereocenters. The molecule has 0 aromatic heterocycles. The molecule has 1 aromatic carbocycles. The Bertz CT molecular complexity index is 457. The van der Waals surface area contributed by atoms with Gasteiger partial charge in [-0.2, -0.15) is 0 Å². The molecule has 0 spiro atoms. The molecule has 1 saturated heterocycles. The van der Waals surface area contributed by atoms with E-state index in [2.05, 4.69) is 16.0 Å². The predicted molar refractivity (Wildman–Crippen MR) is 66.5 cm³/mol. The Balaban J connectivity index is 1.93. The molecule has 3 N–H and O–H groups in total. The van der Waals surface area contributed by atoms with Gasteiger partial charge in [0.2, 0.25) is 0 Å². The van der Waals surface area contributed by atoms with Gasteiger partial charge in [-0.1, -0.05) is 6.07 Å². The van der Waals surface area contributed by atoms with Crippen molar-refractivity contribution in [3.63, 3.8) is 0 Å². The van der Waals surface area contributed by atoms with Gasteiger partial charge in [-0.3, -0.25) is 10.1 Å². The number of urea groups is 1. The van der Waals surface area contributed by atoms with Crippen molar-refractivity contribution in [1.29, 1.82) is 0 Å². The largest absolute Gasteiger partial charge is 0.334 e. The highest BCUT2D eigenvalue weighted by Crippen LogP contribution is 2.16. The fraction of sp³-hybridized carbons (Fsp3) is 0.364. The summed E-state index contributed by atoms with van der Waals surface area (Å²) in [4.78, 5) is 21.7. The molecule has 7 nitrogen and oxygen atoms in total. The van der Waals surface area contributed by atoms with Gasteiger partial charge in [0.15, 0.2) is 0 Å². The molecule has 18 heavy (non-hydrogen) atoms. The van der Waals surface area contributed by atoms with Crippen LogP contribution in [0.1, 0.15) is 6.42 Å². The van der Waals surface area contributed by atoms with E-state index in [1.165, 1.54) is 18.2 Å². The van der Waals surface area contributed by atoms with Gasteiger partial charge >= 0.3 is 6.03 Å². The Morgan fingerprint density at radius 3 is 3.00 bits per heavy atom. The number of rotatable bonds is 3. The molecule has 1 aliphatic heterocycles. The summed E-state index contributed by atoms with van der Waals surface area (Å²) in [7, 11) is 0. The minimum absolute atomic E-state index is 0.0460. The highest BCUT2D eigenvalue weighted by atomic mass is 16.6. The molecular formula is C11H14N4O3. The summed E-state index contributed by atoms with van der Waals surface area (Å²) < 4.78 is 0. The lowest BCUT2D eigenvalue weighted by atomic mass is 10.2. The molecule has 1 heterocycles. The Kier molecular flexibility index (Phi) is 3.73. The summed E-state index contributed by atoms with van der Waals surface area (Å²) in [5.41, 5.74) is 0.364. The summed E-state index contributed by atoms with van der Waals surface area (Å²) in [6, 6.07) is 5.62. The zero-order chi connectivity index (χ0) is 13.0. The van der Waals surface area contributed by atoms with Crippen LogP contribution in [-0.4, -0.2) is 30.1 Å². The number of nitro groups is 1. The number of hydrogen-bond acceptors (Lipinski definition) is 4. The first-order valence-electron chi connectivity index (χ1n) is 5.68. The number of carbonyl (C=O) groups is 1. The van der Waals surface area contributed by atoms with E-state index in [-0.39, 0.29) is 17.8 Å². The second kappa shape index (κ2) is 5.46. The molecule has 2 amide bonds. The van der Waals surface area contributed by atoms with Crippen LogP contribution in [-0.2, 0) is 0 Å². The quantitative estimate of drug-likeness (QED) is 0.552. The number of amides is 2. The van der Waals surface area contributed by atoms with Crippen LogP contribution in [0, 0.1) is 10.1 Å². The van der Waals surface area contributed by atoms with Crippen molar-refractivity contribution < 1.29 is 9.72 Å². The molecule has 0 radical (unpaired) electrons. The van der Waals surface area contributed by atoms with Crippen molar-refractivity contribution in [2.24, 2.45) is 0 Å². The van der Waals surface area contributed by atoms with E-state index in [1.54, 1.807) is 6.07 Å². The number of nitrogens with one attached hydrogen (secondary N) is 3. The number of benzene rings is 1. The lowest BCUT2D eigenvalue weighted by Crippen LogP contribution is -2.39. The van der Waals surface area contributed by atoms with E-state index < -0.39 is 4.92 Å². The van der Waals surface area contributed by atoms with Crippen molar-refractivity contribution in [3.05, 3.63) is 34.4 Å². The molecule has 1 aliphatic rings. The average Bonchev–Trinajstić information content (AvgIpc) is 2.82. The lowest BCUT2D eigenvalue weighted by molar-refractivity contribution is -0.384. The van der Waals surface area contributed by atoms with Crippen LogP contribution in [0.2, 0.25) is 0 Å². The van der Waals surface area contributed by atoms with Crippen molar-refractivity contribution in [2.75, 3.05) is 18.4 Å². The van der Waals surface area contributed by atoms with E-state index in [1.807, 2.05) is 0 Å². The van der Waals surface area contributed by atoms with Crippen LogP contribution in [0.25, 0.3) is 0 Å². The van der Waals surface area contributed by atoms with E-state index in [4.69, 9.17) is 0 Å². The van der Waals surface area contributed by atoms with E-state index >= 15 is 0 Å². The van der Waals surface area contributed by atoms with Crippen LogP contribution in [0.4, 0.5) is 16.2 Å². The van der Waals surface area contributed by atoms with Crippen molar-refractivity contribution in [1.82, 2.24) is 10.6 Å². The van der Waals surface area contributed by atoms with Crippen LogP contribution >= 0.6 is 0 Å². The van der Waals surface area contributed by atoms with E-state index in [9.17, 15) is 14.9 Å². The van der Waals surface area contributed by atoms with Gasteiger partial charge < -0.3 is 16.0 Å². The minimum Gasteiger partial charge on any atom is -0.334 e. The van der Waals surface area contributed by atoms with Gasteiger partial charge in [0, 0.05) is 30.4 Å². The molecular weight excluding hydrogens is 236 g/mol. The first-order valence-corrected chi connectivity index (χ1v) is 5.68. The minimum atomic E-state index is -0.496. The molecule has 0 bridgehead atoms. The maximum absolute atomic E-state index is 11.6. The average molecular weight is 250 g/mol. The zero-order valence-corrected chi connectivity index (χ0v) is 9.68. The number of anilines is 1. The number of nitrogens with zero attached hydrogens (tertiary/aromatic N) is 1. The molecule has 0 saturated carbocycles. The second-order valence-electron chi connectivity index (χ2n) is 4.10. The zero-order valence-electron chi connectivity index (χ0n) is 9.68. The summed E-state index contributed by atoms with van der Waals surface area (Å²) in [6.45, 7) is 1.64.